The number of benzene rings is 1. The van der Waals surface area contributed by atoms with Gasteiger partial charge in [0.2, 0.25) is 16.9 Å². The molecule has 9 nitrogen and oxygen atoms in total. The number of aromatic nitrogens is 2. The second kappa shape index (κ2) is 7.61. The topological polar surface area (TPSA) is 135 Å². The van der Waals surface area contributed by atoms with Crippen LogP contribution in [0.25, 0.3) is 0 Å². The van der Waals surface area contributed by atoms with Crippen LogP contribution in [0.2, 0.25) is 0 Å². The summed E-state index contributed by atoms with van der Waals surface area (Å²) in [5.74, 6) is -0.692. The van der Waals surface area contributed by atoms with Crippen LogP contribution >= 0.6 is 11.3 Å². The Kier molecular flexibility index (Phi) is 5.42. The summed E-state index contributed by atoms with van der Waals surface area (Å²) in [7, 11) is -3.80. The highest BCUT2D eigenvalue weighted by atomic mass is 32.2. The first-order chi connectivity index (χ1) is 12.7. The smallest absolute Gasteiger partial charge is 0.263 e. The predicted molar refractivity (Wildman–Crippen MR) is 99.4 cm³/mol. The predicted octanol–water partition coefficient (Wildman–Crippen LogP) is 0.798. The van der Waals surface area contributed by atoms with Gasteiger partial charge in [0.15, 0.2) is 0 Å². The summed E-state index contributed by atoms with van der Waals surface area (Å²) in [6, 6.07) is 4.87. The Balaban J connectivity index is 1.77. The number of nitrogens with one attached hydrogen (secondary N) is 1. The molecular formula is C16H19N5O4S2. The largest absolute Gasteiger partial charge is 0.370 e. The summed E-state index contributed by atoms with van der Waals surface area (Å²) in [5, 5.41) is 8.42. The van der Waals surface area contributed by atoms with Crippen molar-refractivity contribution in [1.82, 2.24) is 15.1 Å². The summed E-state index contributed by atoms with van der Waals surface area (Å²) < 4.78 is 27.6. The van der Waals surface area contributed by atoms with Crippen LogP contribution in [0.5, 0.6) is 0 Å². The summed E-state index contributed by atoms with van der Waals surface area (Å²) in [4.78, 5) is 24.8. The Morgan fingerprint density at radius 3 is 2.70 bits per heavy atom. The van der Waals surface area contributed by atoms with Crippen molar-refractivity contribution >= 4 is 38.3 Å². The summed E-state index contributed by atoms with van der Waals surface area (Å²) in [5.41, 5.74) is 6.86. The third-order valence-corrected chi connectivity index (χ3v) is 6.41. The first-order valence-electron chi connectivity index (χ1n) is 8.25. The maximum Gasteiger partial charge on any atom is 0.263 e. The fourth-order valence-corrected chi connectivity index (χ4v) is 4.69. The number of hydrogen-bond donors (Lipinski definition) is 2. The molecule has 11 heteroatoms. The highest BCUT2D eigenvalue weighted by Gasteiger charge is 2.24. The van der Waals surface area contributed by atoms with Crippen LogP contribution in [0.1, 0.15) is 29.0 Å². The molecule has 0 fully saturated rings. The molecule has 1 aromatic heterocycles. The van der Waals surface area contributed by atoms with Gasteiger partial charge >= 0.3 is 0 Å². The van der Waals surface area contributed by atoms with Crippen LogP contribution in [-0.4, -0.2) is 41.9 Å². The van der Waals surface area contributed by atoms with Crippen molar-refractivity contribution in [2.24, 2.45) is 5.73 Å². The molecule has 0 saturated heterocycles. The maximum atomic E-state index is 12.6. The fourth-order valence-electron chi connectivity index (χ4n) is 2.81. The average molecular weight is 409 g/mol. The van der Waals surface area contributed by atoms with Crippen molar-refractivity contribution < 1.29 is 18.0 Å². The van der Waals surface area contributed by atoms with Gasteiger partial charge in [-0.1, -0.05) is 17.4 Å². The van der Waals surface area contributed by atoms with Crippen LogP contribution in [0.3, 0.4) is 0 Å². The molecule has 144 valence electrons. The third kappa shape index (κ3) is 4.61. The second-order valence-electron chi connectivity index (χ2n) is 6.19. The molecule has 2 heterocycles. The number of hydrogen-bond acceptors (Lipinski definition) is 7. The number of primary amides is 1. The van der Waals surface area contributed by atoms with E-state index in [-0.39, 0.29) is 28.8 Å². The van der Waals surface area contributed by atoms with Crippen LogP contribution in [0.4, 0.5) is 5.13 Å². The number of anilines is 1. The first kappa shape index (κ1) is 19.2. The number of aryl methyl sites for hydroxylation is 1. The number of carbonyl (C=O) groups excluding carboxylic acids is 2. The number of carbonyl (C=O) groups is 2. The highest BCUT2D eigenvalue weighted by molar-refractivity contribution is 7.93. The van der Waals surface area contributed by atoms with Crippen molar-refractivity contribution in [1.29, 1.82) is 0 Å². The maximum absolute atomic E-state index is 12.6. The minimum Gasteiger partial charge on any atom is -0.370 e. The minimum absolute atomic E-state index is 0.00178. The molecule has 1 aliphatic heterocycles. The summed E-state index contributed by atoms with van der Waals surface area (Å²) >= 11 is 1.15. The molecule has 2 amide bonds. The standard InChI is InChI=1S/C16H19N5O4S2/c1-10-18-19-16(26-10)20-27(24,25)13-3-2-11-6-7-21(9-12(11)8-13)15(23)5-4-14(17)22/h2-3,8H,4-7,9H2,1H3,(H2,17,22)(H,19,20). The van der Waals surface area contributed by atoms with E-state index in [2.05, 4.69) is 14.9 Å². The van der Waals surface area contributed by atoms with Gasteiger partial charge in [0.05, 0.1) is 4.90 Å². The fraction of sp³-hybridized carbons (Fsp3) is 0.375. The second-order valence-corrected chi connectivity index (χ2v) is 9.06. The van der Waals surface area contributed by atoms with Crippen LogP contribution in [0.15, 0.2) is 23.1 Å². The number of nitrogens with zero attached hydrogens (tertiary/aromatic N) is 3. The number of nitrogens with two attached hydrogens (primary N) is 1. The van der Waals surface area contributed by atoms with E-state index < -0.39 is 15.9 Å². The van der Waals surface area contributed by atoms with E-state index >= 15 is 0 Å². The quantitative estimate of drug-likeness (QED) is 0.724. The molecule has 0 unspecified atom stereocenters. The van der Waals surface area contributed by atoms with E-state index in [1.807, 2.05) is 0 Å². The molecule has 0 bridgehead atoms. The molecule has 2 aromatic rings. The van der Waals surface area contributed by atoms with E-state index in [1.54, 1.807) is 30.0 Å². The minimum atomic E-state index is -3.80. The average Bonchev–Trinajstić information content (AvgIpc) is 3.02. The molecular weight excluding hydrogens is 390 g/mol. The van der Waals surface area contributed by atoms with Crippen LogP contribution in [-0.2, 0) is 32.6 Å². The Hall–Kier alpha value is -2.53. The Morgan fingerprint density at radius 2 is 2.04 bits per heavy atom. The molecule has 0 atom stereocenters. The van der Waals surface area contributed by atoms with E-state index in [0.29, 0.717) is 24.5 Å². The summed E-state index contributed by atoms with van der Waals surface area (Å²) in [6.45, 7) is 2.56. The Labute approximate surface area is 160 Å². The number of fused-ring (bicyclic) bond motifs is 1. The molecule has 1 aromatic carbocycles. The molecule has 0 spiro atoms. The first-order valence-corrected chi connectivity index (χ1v) is 10.6. The van der Waals surface area contributed by atoms with Crippen molar-refractivity contribution in [3.8, 4) is 0 Å². The van der Waals surface area contributed by atoms with Gasteiger partial charge in [0.25, 0.3) is 10.0 Å². The van der Waals surface area contributed by atoms with Gasteiger partial charge in [-0.2, -0.15) is 0 Å². The monoisotopic (exact) mass is 409 g/mol. The molecule has 3 rings (SSSR count). The molecule has 0 aliphatic carbocycles. The zero-order chi connectivity index (χ0) is 19.6. The van der Waals surface area contributed by atoms with Gasteiger partial charge in [0.1, 0.15) is 5.01 Å². The zero-order valence-corrected chi connectivity index (χ0v) is 16.3. The van der Waals surface area contributed by atoms with Crippen molar-refractivity contribution in [3.63, 3.8) is 0 Å². The molecule has 1 aliphatic rings. The van der Waals surface area contributed by atoms with Crippen molar-refractivity contribution in [3.05, 3.63) is 34.3 Å². The lowest BCUT2D eigenvalue weighted by Gasteiger charge is -2.29. The lowest BCUT2D eigenvalue weighted by atomic mass is 9.99. The van der Waals surface area contributed by atoms with E-state index in [1.165, 1.54) is 0 Å². The Morgan fingerprint density at radius 1 is 1.26 bits per heavy atom. The van der Waals surface area contributed by atoms with Crippen molar-refractivity contribution in [2.45, 2.75) is 37.6 Å². The van der Waals surface area contributed by atoms with E-state index in [0.717, 1.165) is 22.5 Å². The molecule has 0 radical (unpaired) electrons. The SMILES string of the molecule is Cc1nnc(NS(=O)(=O)c2ccc3c(c2)CN(C(=O)CCC(N)=O)CC3)s1. The van der Waals surface area contributed by atoms with E-state index in [4.69, 9.17) is 5.73 Å². The van der Waals surface area contributed by atoms with Crippen molar-refractivity contribution in [2.75, 3.05) is 11.3 Å². The lowest BCUT2D eigenvalue weighted by molar-refractivity contribution is -0.133. The van der Waals surface area contributed by atoms with Gasteiger partial charge in [-0.05, 0) is 36.6 Å². The molecule has 0 saturated carbocycles. The molecule has 27 heavy (non-hydrogen) atoms. The van der Waals surface area contributed by atoms with Crippen LogP contribution in [0, 0.1) is 6.92 Å². The lowest BCUT2D eigenvalue weighted by Crippen LogP contribution is -2.36. The normalized spacial score (nSPS) is 13.9. The van der Waals surface area contributed by atoms with Gasteiger partial charge < -0.3 is 10.6 Å². The van der Waals surface area contributed by atoms with E-state index in [9.17, 15) is 18.0 Å². The van der Waals surface area contributed by atoms with Gasteiger partial charge in [-0.3, -0.25) is 14.3 Å². The number of amides is 2. The summed E-state index contributed by atoms with van der Waals surface area (Å²) in [6.07, 6.45) is 0.684. The number of rotatable bonds is 6. The van der Waals surface area contributed by atoms with Gasteiger partial charge in [-0.25, -0.2) is 8.42 Å². The Bertz CT molecular complexity index is 986. The third-order valence-electron chi connectivity index (χ3n) is 4.19. The molecule has 3 N–H and O–H groups in total. The van der Waals surface area contributed by atoms with Gasteiger partial charge in [-0.15, -0.1) is 10.2 Å². The van der Waals surface area contributed by atoms with Crippen LogP contribution < -0.4 is 10.5 Å². The highest BCUT2D eigenvalue weighted by Crippen LogP contribution is 2.25. The number of sulfonamides is 1. The zero-order valence-electron chi connectivity index (χ0n) is 14.6. The van der Waals surface area contributed by atoms with Gasteiger partial charge in [0, 0.05) is 25.9 Å².